The van der Waals surface area contributed by atoms with Crippen LogP contribution in [0.25, 0.3) is 0 Å². The van der Waals surface area contributed by atoms with Gasteiger partial charge in [0.25, 0.3) is 0 Å². The van der Waals surface area contributed by atoms with Gasteiger partial charge in [0.2, 0.25) is 10.0 Å². The third-order valence-electron chi connectivity index (χ3n) is 5.46. The first kappa shape index (κ1) is 27.8. The zero-order valence-corrected chi connectivity index (χ0v) is 21.1. The van der Waals surface area contributed by atoms with Crippen LogP contribution in [-0.2, 0) is 27.7 Å². The molecule has 3 atom stereocenters. The summed E-state index contributed by atoms with van der Waals surface area (Å²) in [5.41, 5.74) is 1.90. The molecule has 1 amide bonds. The Morgan fingerprint density at radius 1 is 0.941 bits per heavy atom. The zero-order chi connectivity index (χ0) is 25.0. The lowest BCUT2D eigenvalue weighted by molar-refractivity contribution is 0.0589. The molecule has 7 nitrogen and oxygen atoms in total. The topological polar surface area (TPSA) is 105 Å². The number of sulfonamides is 1. The summed E-state index contributed by atoms with van der Waals surface area (Å²) in [5, 5.41) is 12.9. The molecule has 0 fully saturated rings. The summed E-state index contributed by atoms with van der Waals surface area (Å²) in [6.07, 6.45) is -0.184. The Hall–Kier alpha value is -2.42. The quantitative estimate of drug-likeness (QED) is 0.344. The molecule has 0 aliphatic rings. The van der Waals surface area contributed by atoms with Gasteiger partial charge >= 0.3 is 6.09 Å². The van der Waals surface area contributed by atoms with Crippen molar-refractivity contribution in [2.75, 3.05) is 5.75 Å². The van der Waals surface area contributed by atoms with Crippen molar-refractivity contribution in [3.63, 3.8) is 0 Å². The van der Waals surface area contributed by atoms with Crippen molar-refractivity contribution in [3.05, 3.63) is 71.8 Å². The second kappa shape index (κ2) is 14.1. The molecule has 0 aliphatic heterocycles. The van der Waals surface area contributed by atoms with Gasteiger partial charge in [-0.2, -0.15) is 4.72 Å². The average molecular weight is 491 g/mol. The van der Waals surface area contributed by atoms with Crippen LogP contribution in [0.3, 0.4) is 0 Å². The van der Waals surface area contributed by atoms with E-state index in [1.807, 2.05) is 67.6 Å². The van der Waals surface area contributed by atoms with E-state index in [-0.39, 0.29) is 12.5 Å². The molecule has 0 radical (unpaired) electrons. The molecule has 2 aromatic rings. The minimum Gasteiger partial charge on any atom is -0.429 e. The predicted molar refractivity (Wildman–Crippen MR) is 134 cm³/mol. The summed E-state index contributed by atoms with van der Waals surface area (Å²) < 4.78 is 33.6. The third kappa shape index (κ3) is 11.1. The first-order valence-electron chi connectivity index (χ1n) is 11.8. The molecule has 2 aromatic carbocycles. The fraction of sp³-hybridized carbons (Fsp3) is 0.500. The molecule has 188 valence electrons. The van der Waals surface area contributed by atoms with Crippen molar-refractivity contribution < 1.29 is 23.1 Å². The molecule has 0 spiro atoms. The number of alkyl carbamates (subject to hydrolysis) is 1. The molecule has 1 unspecified atom stereocenters. The van der Waals surface area contributed by atoms with E-state index < -0.39 is 34.2 Å². The summed E-state index contributed by atoms with van der Waals surface area (Å²) in [7, 11) is -3.89. The normalized spacial score (nSPS) is 14.4. The first-order chi connectivity index (χ1) is 16.1. The monoisotopic (exact) mass is 490 g/mol. The van der Waals surface area contributed by atoms with Gasteiger partial charge in [-0.05, 0) is 29.9 Å². The third-order valence-corrected chi connectivity index (χ3v) is 6.87. The van der Waals surface area contributed by atoms with E-state index in [1.165, 1.54) is 0 Å². The highest BCUT2D eigenvalue weighted by molar-refractivity contribution is 7.89. The molecule has 8 heteroatoms. The number of carbonyl (C=O) groups is 1. The van der Waals surface area contributed by atoms with E-state index in [1.54, 1.807) is 0 Å². The highest BCUT2D eigenvalue weighted by Crippen LogP contribution is 2.16. The molecule has 0 saturated heterocycles. The molecule has 0 saturated carbocycles. The summed E-state index contributed by atoms with van der Waals surface area (Å²) in [5.74, 6) is -0.278. The first-order valence-corrected chi connectivity index (χ1v) is 13.5. The maximum absolute atomic E-state index is 12.8. The minimum absolute atomic E-state index is 0.265. The molecule has 0 aliphatic carbocycles. The summed E-state index contributed by atoms with van der Waals surface area (Å²) in [6.45, 7) is 6.26. The van der Waals surface area contributed by atoms with Crippen molar-refractivity contribution in [3.8, 4) is 0 Å². The van der Waals surface area contributed by atoms with Crippen molar-refractivity contribution in [2.45, 2.75) is 65.3 Å². The number of aliphatic hydroxyl groups excluding tert-OH is 1. The van der Waals surface area contributed by atoms with Gasteiger partial charge in [-0.15, -0.1) is 0 Å². The Balaban J connectivity index is 2.02. The van der Waals surface area contributed by atoms with E-state index in [2.05, 4.69) is 23.9 Å². The van der Waals surface area contributed by atoms with Crippen molar-refractivity contribution in [1.29, 1.82) is 0 Å². The van der Waals surface area contributed by atoms with Gasteiger partial charge in [-0.1, -0.05) is 94.3 Å². The standard InChI is InChI=1S/C26H38N2O5S/c1-20(2)11-10-16-24(29)19-34(31,32)28-25(21(3)17-22-12-6-4-7-13-22)33-26(30)27-18-23-14-8-5-9-15-23/h4-9,12-15,20-21,24-25,28-29H,10-11,16-19H2,1-3H3,(H,27,30)/t21-,24?,25+/m1/s1. The van der Waals surface area contributed by atoms with Gasteiger partial charge < -0.3 is 15.2 Å². The Bertz CT molecular complexity index is 952. The molecular weight excluding hydrogens is 452 g/mol. The van der Waals surface area contributed by atoms with Crippen LogP contribution in [0.4, 0.5) is 4.79 Å². The van der Waals surface area contributed by atoms with Gasteiger partial charge in [0, 0.05) is 12.5 Å². The molecular formula is C26H38N2O5S. The SMILES string of the molecule is CC(C)CCCC(O)CS(=O)(=O)N[C@@H](OC(=O)NCc1ccccc1)[C@H](C)Cc1ccccc1. The van der Waals surface area contributed by atoms with Crippen LogP contribution >= 0.6 is 0 Å². The molecule has 0 heterocycles. The van der Waals surface area contributed by atoms with Gasteiger partial charge in [0.15, 0.2) is 6.23 Å². The van der Waals surface area contributed by atoms with Gasteiger partial charge in [0.1, 0.15) is 0 Å². The zero-order valence-electron chi connectivity index (χ0n) is 20.3. The molecule has 0 bridgehead atoms. The van der Waals surface area contributed by atoms with Crippen LogP contribution in [0, 0.1) is 11.8 Å². The molecule has 0 aromatic heterocycles. The Morgan fingerprint density at radius 2 is 1.53 bits per heavy atom. The lowest BCUT2D eigenvalue weighted by atomic mass is 10.00. The maximum Gasteiger partial charge on any atom is 0.409 e. The predicted octanol–water partition coefficient (Wildman–Crippen LogP) is 4.22. The number of hydrogen-bond donors (Lipinski definition) is 3. The molecule has 34 heavy (non-hydrogen) atoms. The van der Waals surface area contributed by atoms with Gasteiger partial charge in [-0.25, -0.2) is 13.2 Å². The van der Waals surface area contributed by atoms with Crippen LogP contribution in [0.15, 0.2) is 60.7 Å². The number of benzene rings is 2. The van der Waals surface area contributed by atoms with Crippen LogP contribution in [0.1, 0.15) is 51.2 Å². The second-order valence-corrected chi connectivity index (χ2v) is 11.0. The van der Waals surface area contributed by atoms with Crippen molar-refractivity contribution >= 4 is 16.1 Å². The van der Waals surface area contributed by atoms with E-state index >= 15 is 0 Å². The summed E-state index contributed by atoms with van der Waals surface area (Å²) in [6, 6.07) is 19.0. The maximum atomic E-state index is 12.8. The highest BCUT2D eigenvalue weighted by atomic mass is 32.2. The number of hydrogen-bond acceptors (Lipinski definition) is 5. The summed E-state index contributed by atoms with van der Waals surface area (Å²) in [4.78, 5) is 12.5. The smallest absolute Gasteiger partial charge is 0.409 e. The number of carbonyl (C=O) groups excluding carboxylic acids is 1. The van der Waals surface area contributed by atoms with Crippen LogP contribution < -0.4 is 10.0 Å². The number of ether oxygens (including phenoxy) is 1. The largest absolute Gasteiger partial charge is 0.429 e. The lowest BCUT2D eigenvalue weighted by Gasteiger charge is -2.26. The van der Waals surface area contributed by atoms with Crippen molar-refractivity contribution in [1.82, 2.24) is 10.0 Å². The molecule has 3 N–H and O–H groups in total. The Kier molecular flexibility index (Phi) is 11.5. The Labute approximate surface area is 204 Å². The van der Waals surface area contributed by atoms with Gasteiger partial charge in [0.05, 0.1) is 11.9 Å². The van der Waals surface area contributed by atoms with Crippen LogP contribution in [-0.4, -0.2) is 37.7 Å². The minimum atomic E-state index is -3.89. The van der Waals surface area contributed by atoms with Crippen LogP contribution in [0.5, 0.6) is 0 Å². The fourth-order valence-electron chi connectivity index (χ4n) is 3.60. The van der Waals surface area contributed by atoms with E-state index in [9.17, 15) is 18.3 Å². The number of rotatable bonds is 14. The van der Waals surface area contributed by atoms with Crippen molar-refractivity contribution in [2.24, 2.45) is 11.8 Å². The number of aliphatic hydroxyl groups is 1. The molecule has 2 rings (SSSR count). The second-order valence-electron chi connectivity index (χ2n) is 9.21. The lowest BCUT2D eigenvalue weighted by Crippen LogP contribution is -2.47. The number of amides is 1. The Morgan fingerprint density at radius 3 is 2.12 bits per heavy atom. The fourth-order valence-corrected chi connectivity index (χ4v) is 5.00. The highest BCUT2D eigenvalue weighted by Gasteiger charge is 2.28. The van der Waals surface area contributed by atoms with Gasteiger partial charge in [-0.3, -0.25) is 0 Å². The average Bonchev–Trinajstić information content (AvgIpc) is 2.78. The van der Waals surface area contributed by atoms with E-state index in [0.29, 0.717) is 18.8 Å². The number of nitrogens with one attached hydrogen (secondary N) is 2. The van der Waals surface area contributed by atoms with E-state index in [4.69, 9.17) is 4.74 Å². The van der Waals surface area contributed by atoms with Crippen LogP contribution in [0.2, 0.25) is 0 Å². The summed E-state index contributed by atoms with van der Waals surface area (Å²) >= 11 is 0. The van der Waals surface area contributed by atoms with E-state index in [0.717, 1.165) is 24.0 Å².